The van der Waals surface area contributed by atoms with Crippen molar-refractivity contribution in [3.05, 3.63) is 22.8 Å². The van der Waals surface area contributed by atoms with Gasteiger partial charge in [-0.3, -0.25) is 4.21 Å². The van der Waals surface area contributed by atoms with E-state index in [9.17, 15) is 4.21 Å². The van der Waals surface area contributed by atoms with Crippen molar-refractivity contribution in [1.29, 1.82) is 0 Å². The molecule has 0 aromatic carbocycles. The van der Waals surface area contributed by atoms with Crippen molar-refractivity contribution in [3.8, 4) is 0 Å². The zero-order valence-corrected chi connectivity index (χ0v) is 9.70. The van der Waals surface area contributed by atoms with Crippen LogP contribution in [-0.4, -0.2) is 15.2 Å². The van der Waals surface area contributed by atoms with Crippen molar-refractivity contribution in [2.45, 2.75) is 39.4 Å². The Morgan fingerprint density at radius 1 is 1.38 bits per heavy atom. The third-order valence-electron chi connectivity index (χ3n) is 2.45. The molecule has 0 aromatic rings. The van der Waals surface area contributed by atoms with Crippen LogP contribution < -0.4 is 0 Å². The molecule has 1 nitrogen and oxygen atoms in total. The summed E-state index contributed by atoms with van der Waals surface area (Å²) in [6.07, 6.45) is 3.12. The Morgan fingerprint density at radius 3 is 2.54 bits per heavy atom. The smallest absolute Gasteiger partial charge is 0.0570 e. The van der Waals surface area contributed by atoms with Gasteiger partial charge in [0.2, 0.25) is 0 Å². The molecule has 0 saturated carbocycles. The number of rotatable bonds is 1. The first kappa shape index (κ1) is 10.7. The quantitative estimate of drug-likeness (QED) is 0.592. The molecule has 0 N–H and O–H groups in total. The van der Waals surface area contributed by atoms with Crippen molar-refractivity contribution in [1.82, 2.24) is 0 Å². The Hall–Kier alpha value is -0.370. The third-order valence-corrected chi connectivity index (χ3v) is 4.15. The highest BCUT2D eigenvalue weighted by Gasteiger charge is 2.21. The van der Waals surface area contributed by atoms with Gasteiger partial charge in [0.25, 0.3) is 0 Å². The van der Waals surface area contributed by atoms with Crippen LogP contribution >= 0.6 is 0 Å². The summed E-state index contributed by atoms with van der Waals surface area (Å²) in [6.45, 7) is 8.37. The van der Waals surface area contributed by atoms with E-state index in [2.05, 4.69) is 33.8 Å². The van der Waals surface area contributed by atoms with Crippen LogP contribution in [-0.2, 0) is 10.8 Å². The first-order valence-electron chi connectivity index (χ1n) is 4.68. The predicted octanol–water partition coefficient (Wildman–Crippen LogP) is 2.81. The minimum Gasteiger partial charge on any atom is -0.259 e. The van der Waals surface area contributed by atoms with E-state index < -0.39 is 10.8 Å². The van der Waals surface area contributed by atoms with Gasteiger partial charge in [-0.15, -0.1) is 0 Å². The molecule has 0 aliphatic carbocycles. The molecule has 0 amide bonds. The summed E-state index contributed by atoms with van der Waals surface area (Å²) < 4.78 is 11.7. The van der Waals surface area contributed by atoms with Crippen LogP contribution in [0.3, 0.4) is 0 Å². The van der Waals surface area contributed by atoms with Crippen molar-refractivity contribution in [2.24, 2.45) is 0 Å². The molecule has 2 atom stereocenters. The van der Waals surface area contributed by atoms with Gasteiger partial charge in [-0.05, 0) is 34.1 Å². The average Bonchev–Trinajstić information content (AvgIpc) is 1.99. The van der Waals surface area contributed by atoms with Gasteiger partial charge in [0, 0.05) is 16.6 Å². The third kappa shape index (κ3) is 2.80. The zero-order chi connectivity index (χ0) is 10.0. The van der Waals surface area contributed by atoms with E-state index in [0.717, 1.165) is 12.2 Å². The number of hydrogen-bond donors (Lipinski definition) is 0. The van der Waals surface area contributed by atoms with E-state index in [1.807, 2.05) is 0 Å². The molecular formula is C11H18OS. The number of hydrogen-bond acceptors (Lipinski definition) is 1. The summed E-state index contributed by atoms with van der Waals surface area (Å²) in [6, 6.07) is 0. The fourth-order valence-corrected chi connectivity index (χ4v) is 3.27. The van der Waals surface area contributed by atoms with Crippen LogP contribution in [0.4, 0.5) is 0 Å². The maximum absolute atomic E-state index is 11.7. The van der Waals surface area contributed by atoms with E-state index in [4.69, 9.17) is 0 Å². The molecule has 1 rings (SSSR count). The molecule has 0 radical (unpaired) electrons. The van der Waals surface area contributed by atoms with E-state index >= 15 is 0 Å². The molecule has 0 spiro atoms. The van der Waals surface area contributed by atoms with Crippen LogP contribution in [0.1, 0.15) is 34.1 Å². The standard InChI is InChI=1S/C11H18OS/c1-8(2)5-11-6-9(3)10(4)7-13(11)12/h5,11H,6-7H2,1-4H3/t11-,13?/m1/s1. The highest BCUT2D eigenvalue weighted by atomic mass is 32.2. The van der Waals surface area contributed by atoms with Crippen molar-refractivity contribution in [2.75, 3.05) is 5.75 Å². The molecule has 1 aliphatic heterocycles. The second-order valence-corrected chi connectivity index (χ2v) is 5.73. The molecule has 1 aliphatic rings. The normalized spacial score (nSPS) is 28.9. The molecule has 0 fully saturated rings. The van der Waals surface area contributed by atoms with Gasteiger partial charge in [0.05, 0.1) is 5.25 Å². The zero-order valence-electron chi connectivity index (χ0n) is 8.89. The fraction of sp³-hybridized carbons (Fsp3) is 0.636. The van der Waals surface area contributed by atoms with E-state index in [-0.39, 0.29) is 5.25 Å². The Bertz CT molecular complexity index is 282. The molecule has 0 aromatic heterocycles. The van der Waals surface area contributed by atoms with Gasteiger partial charge in [0.1, 0.15) is 0 Å². The van der Waals surface area contributed by atoms with Crippen LogP contribution in [0, 0.1) is 0 Å². The minimum atomic E-state index is -0.684. The van der Waals surface area contributed by atoms with Crippen LogP contribution in [0.2, 0.25) is 0 Å². The lowest BCUT2D eigenvalue weighted by Gasteiger charge is -2.21. The van der Waals surface area contributed by atoms with E-state index in [1.54, 1.807) is 0 Å². The number of allylic oxidation sites excluding steroid dienone is 2. The largest absolute Gasteiger partial charge is 0.259 e. The highest BCUT2D eigenvalue weighted by molar-refractivity contribution is 7.86. The molecule has 2 heteroatoms. The second kappa shape index (κ2) is 4.23. The van der Waals surface area contributed by atoms with Crippen LogP contribution in [0.5, 0.6) is 0 Å². The summed E-state index contributed by atoms with van der Waals surface area (Å²) in [7, 11) is -0.684. The SMILES string of the molecule is CC(C)=C[C@@H]1CC(C)=C(C)CS1=O. The van der Waals surface area contributed by atoms with Gasteiger partial charge < -0.3 is 0 Å². The van der Waals surface area contributed by atoms with Gasteiger partial charge in [-0.25, -0.2) is 0 Å². The fourth-order valence-electron chi connectivity index (χ4n) is 1.52. The predicted molar refractivity (Wildman–Crippen MR) is 59.2 cm³/mol. The summed E-state index contributed by atoms with van der Waals surface area (Å²) in [5.41, 5.74) is 4.00. The lowest BCUT2D eigenvalue weighted by molar-refractivity contribution is 0.674. The molecule has 13 heavy (non-hydrogen) atoms. The monoisotopic (exact) mass is 198 g/mol. The minimum absolute atomic E-state index is 0.258. The molecule has 1 heterocycles. The topological polar surface area (TPSA) is 17.1 Å². The van der Waals surface area contributed by atoms with Gasteiger partial charge in [0.15, 0.2) is 0 Å². The Kier molecular flexibility index (Phi) is 3.48. The summed E-state index contributed by atoms with van der Waals surface area (Å²) in [5.74, 6) is 0.764. The Morgan fingerprint density at radius 2 is 2.00 bits per heavy atom. The lowest BCUT2D eigenvalue weighted by Crippen LogP contribution is -2.22. The molecular weight excluding hydrogens is 180 g/mol. The lowest BCUT2D eigenvalue weighted by atomic mass is 10.1. The summed E-state index contributed by atoms with van der Waals surface area (Å²) in [5, 5.41) is 0.258. The molecule has 0 saturated heterocycles. The maximum Gasteiger partial charge on any atom is 0.0570 e. The first-order chi connectivity index (χ1) is 6.00. The summed E-state index contributed by atoms with van der Waals surface area (Å²) in [4.78, 5) is 0. The van der Waals surface area contributed by atoms with Crippen molar-refractivity contribution >= 4 is 10.8 Å². The van der Waals surface area contributed by atoms with Crippen molar-refractivity contribution in [3.63, 3.8) is 0 Å². The van der Waals surface area contributed by atoms with Crippen LogP contribution in [0.15, 0.2) is 22.8 Å². The molecule has 74 valence electrons. The van der Waals surface area contributed by atoms with E-state index in [1.165, 1.54) is 16.7 Å². The Labute approximate surface area is 83.4 Å². The first-order valence-corrected chi connectivity index (χ1v) is 6.06. The summed E-state index contributed by atoms with van der Waals surface area (Å²) >= 11 is 0. The van der Waals surface area contributed by atoms with Crippen LogP contribution in [0.25, 0.3) is 0 Å². The molecule has 0 bridgehead atoms. The molecule has 1 unspecified atom stereocenters. The maximum atomic E-state index is 11.7. The van der Waals surface area contributed by atoms with E-state index in [0.29, 0.717) is 0 Å². The van der Waals surface area contributed by atoms with Gasteiger partial charge in [-0.2, -0.15) is 0 Å². The van der Waals surface area contributed by atoms with Crippen molar-refractivity contribution < 1.29 is 4.21 Å². The van der Waals surface area contributed by atoms with Gasteiger partial charge >= 0.3 is 0 Å². The van der Waals surface area contributed by atoms with Gasteiger partial charge in [-0.1, -0.05) is 22.8 Å². The Balaban J connectivity index is 2.82. The second-order valence-electron chi connectivity index (χ2n) is 4.07. The highest BCUT2D eigenvalue weighted by Crippen LogP contribution is 2.23. The average molecular weight is 198 g/mol.